The zero-order valence-electron chi connectivity index (χ0n) is 9.86. The van der Waals surface area contributed by atoms with Crippen molar-refractivity contribution in [3.8, 4) is 0 Å². The van der Waals surface area contributed by atoms with Gasteiger partial charge in [-0.1, -0.05) is 22.9 Å². The molecule has 1 aliphatic rings. The lowest BCUT2D eigenvalue weighted by Gasteiger charge is -2.15. The second-order valence-electron chi connectivity index (χ2n) is 4.93. The molecule has 0 saturated heterocycles. The van der Waals surface area contributed by atoms with Crippen molar-refractivity contribution in [3.05, 3.63) is 27.7 Å². The fourth-order valence-corrected chi connectivity index (χ4v) is 2.47. The average molecular weight is 282 g/mol. The maximum atomic E-state index is 12.0. The Kier molecular flexibility index (Phi) is 2.82. The molecule has 0 radical (unpaired) electrons. The van der Waals surface area contributed by atoms with E-state index in [9.17, 15) is 4.79 Å². The molecular formula is C13H16BrNO. The van der Waals surface area contributed by atoms with Gasteiger partial charge in [0.05, 0.1) is 0 Å². The molecule has 2 rings (SSSR count). The number of anilines is 1. The van der Waals surface area contributed by atoms with Gasteiger partial charge in [-0.25, -0.2) is 0 Å². The third-order valence-electron chi connectivity index (χ3n) is 3.28. The highest BCUT2D eigenvalue weighted by atomic mass is 79.9. The molecule has 0 atom stereocenters. The number of rotatable bonds is 2. The molecule has 2 nitrogen and oxygen atoms in total. The van der Waals surface area contributed by atoms with Crippen LogP contribution in [0.1, 0.15) is 30.9 Å². The lowest BCUT2D eigenvalue weighted by molar-refractivity contribution is -0.120. The molecule has 0 aromatic heterocycles. The quantitative estimate of drug-likeness (QED) is 0.878. The van der Waals surface area contributed by atoms with Crippen LogP contribution in [0.2, 0.25) is 0 Å². The number of aryl methyl sites for hydroxylation is 2. The van der Waals surface area contributed by atoms with E-state index in [1.807, 2.05) is 32.9 Å². The van der Waals surface area contributed by atoms with Gasteiger partial charge in [-0.05, 0) is 49.9 Å². The first-order chi connectivity index (χ1) is 7.42. The van der Waals surface area contributed by atoms with E-state index < -0.39 is 0 Å². The normalized spacial score (nSPS) is 17.0. The summed E-state index contributed by atoms with van der Waals surface area (Å²) in [6.07, 6.45) is 2.01. The predicted octanol–water partition coefficient (Wildman–Crippen LogP) is 3.80. The molecule has 0 heterocycles. The maximum absolute atomic E-state index is 12.0. The number of carbonyl (C=O) groups is 1. The maximum Gasteiger partial charge on any atom is 0.230 e. The molecule has 0 spiro atoms. The van der Waals surface area contributed by atoms with Gasteiger partial charge >= 0.3 is 0 Å². The summed E-state index contributed by atoms with van der Waals surface area (Å²) in [5, 5.41) is 3.05. The molecule has 1 N–H and O–H groups in total. The summed E-state index contributed by atoms with van der Waals surface area (Å²) >= 11 is 3.45. The summed E-state index contributed by atoms with van der Waals surface area (Å²) in [6, 6.07) is 4.05. The second kappa shape index (κ2) is 3.88. The number of amides is 1. The van der Waals surface area contributed by atoms with Crippen LogP contribution in [0.3, 0.4) is 0 Å². The molecule has 1 amide bonds. The van der Waals surface area contributed by atoms with Gasteiger partial charge < -0.3 is 5.32 Å². The Bertz CT molecular complexity index is 426. The van der Waals surface area contributed by atoms with Crippen molar-refractivity contribution in [1.82, 2.24) is 0 Å². The van der Waals surface area contributed by atoms with E-state index in [0.717, 1.165) is 34.1 Å². The van der Waals surface area contributed by atoms with Gasteiger partial charge in [-0.15, -0.1) is 0 Å². The summed E-state index contributed by atoms with van der Waals surface area (Å²) in [7, 11) is 0. The van der Waals surface area contributed by atoms with Crippen molar-refractivity contribution >= 4 is 27.5 Å². The van der Waals surface area contributed by atoms with E-state index in [1.54, 1.807) is 0 Å². The number of nitrogens with one attached hydrogen (secondary N) is 1. The first-order valence-electron chi connectivity index (χ1n) is 5.50. The summed E-state index contributed by atoms with van der Waals surface area (Å²) in [5.41, 5.74) is 3.04. The van der Waals surface area contributed by atoms with Gasteiger partial charge in [-0.2, -0.15) is 0 Å². The minimum Gasteiger partial charge on any atom is -0.325 e. The first kappa shape index (κ1) is 11.6. The Morgan fingerprint density at radius 3 is 2.25 bits per heavy atom. The van der Waals surface area contributed by atoms with E-state index in [-0.39, 0.29) is 11.3 Å². The molecule has 1 aromatic carbocycles. The lowest BCUT2D eigenvalue weighted by atomic mass is 10.1. The summed E-state index contributed by atoms with van der Waals surface area (Å²) in [4.78, 5) is 12.0. The van der Waals surface area contributed by atoms with Gasteiger partial charge in [0.25, 0.3) is 0 Å². The van der Waals surface area contributed by atoms with Crippen molar-refractivity contribution in [2.75, 3.05) is 5.32 Å². The molecule has 0 unspecified atom stereocenters. The fraction of sp³-hybridized carbons (Fsp3) is 0.462. The van der Waals surface area contributed by atoms with E-state index in [4.69, 9.17) is 0 Å². The molecule has 1 fully saturated rings. The van der Waals surface area contributed by atoms with Gasteiger partial charge in [0.2, 0.25) is 5.91 Å². The predicted molar refractivity (Wildman–Crippen MR) is 69.6 cm³/mol. The third kappa shape index (κ3) is 2.14. The topological polar surface area (TPSA) is 29.1 Å². The van der Waals surface area contributed by atoms with Crippen molar-refractivity contribution in [3.63, 3.8) is 0 Å². The summed E-state index contributed by atoms with van der Waals surface area (Å²) in [6.45, 7) is 6.05. The molecule has 0 aliphatic heterocycles. The number of hydrogen-bond donors (Lipinski definition) is 1. The zero-order chi connectivity index (χ0) is 11.9. The SMILES string of the molecule is Cc1cc(Br)cc(C)c1NC(=O)C1(C)CC1. The third-order valence-corrected chi connectivity index (χ3v) is 3.74. The Balaban J connectivity index is 2.24. The highest BCUT2D eigenvalue weighted by molar-refractivity contribution is 9.10. The fourth-order valence-electron chi connectivity index (χ4n) is 1.79. The van der Waals surface area contributed by atoms with E-state index >= 15 is 0 Å². The van der Waals surface area contributed by atoms with Crippen LogP contribution < -0.4 is 5.32 Å². The molecule has 86 valence electrons. The smallest absolute Gasteiger partial charge is 0.230 e. The Hall–Kier alpha value is -0.830. The lowest BCUT2D eigenvalue weighted by Crippen LogP contribution is -2.22. The Morgan fingerprint density at radius 2 is 1.81 bits per heavy atom. The minimum atomic E-state index is -0.119. The second-order valence-corrected chi connectivity index (χ2v) is 5.85. The Morgan fingerprint density at radius 1 is 1.31 bits per heavy atom. The van der Waals surface area contributed by atoms with E-state index in [1.165, 1.54) is 0 Å². The van der Waals surface area contributed by atoms with Crippen LogP contribution in [-0.4, -0.2) is 5.91 Å². The molecular weight excluding hydrogens is 266 g/mol. The Labute approximate surface area is 105 Å². The number of benzene rings is 1. The molecule has 1 aliphatic carbocycles. The van der Waals surface area contributed by atoms with Crippen molar-refractivity contribution in [2.24, 2.45) is 5.41 Å². The van der Waals surface area contributed by atoms with Crippen LogP contribution in [-0.2, 0) is 4.79 Å². The van der Waals surface area contributed by atoms with Crippen LogP contribution in [0.15, 0.2) is 16.6 Å². The first-order valence-corrected chi connectivity index (χ1v) is 6.30. The molecule has 16 heavy (non-hydrogen) atoms. The highest BCUT2D eigenvalue weighted by Gasteiger charge is 2.45. The summed E-state index contributed by atoms with van der Waals surface area (Å²) in [5.74, 6) is 0.154. The standard InChI is InChI=1S/C13H16BrNO/c1-8-6-10(14)7-9(2)11(8)15-12(16)13(3)4-5-13/h6-7H,4-5H2,1-3H3,(H,15,16). The molecule has 1 saturated carbocycles. The van der Waals surface area contributed by atoms with Gasteiger partial charge in [0.15, 0.2) is 0 Å². The van der Waals surface area contributed by atoms with Crippen LogP contribution in [0.25, 0.3) is 0 Å². The highest BCUT2D eigenvalue weighted by Crippen LogP contribution is 2.46. The van der Waals surface area contributed by atoms with Gasteiger partial charge in [0, 0.05) is 15.6 Å². The minimum absolute atomic E-state index is 0.119. The average Bonchev–Trinajstić information content (AvgIpc) is 2.91. The van der Waals surface area contributed by atoms with Crippen molar-refractivity contribution in [1.29, 1.82) is 0 Å². The van der Waals surface area contributed by atoms with Crippen LogP contribution in [0.4, 0.5) is 5.69 Å². The van der Waals surface area contributed by atoms with Gasteiger partial charge in [0.1, 0.15) is 0 Å². The van der Waals surface area contributed by atoms with Crippen LogP contribution in [0, 0.1) is 19.3 Å². The number of halogens is 1. The molecule has 3 heteroatoms. The van der Waals surface area contributed by atoms with Crippen LogP contribution >= 0.6 is 15.9 Å². The van der Waals surface area contributed by atoms with E-state index in [2.05, 4.69) is 21.2 Å². The molecule has 0 bridgehead atoms. The zero-order valence-corrected chi connectivity index (χ0v) is 11.4. The number of hydrogen-bond acceptors (Lipinski definition) is 1. The summed E-state index contributed by atoms with van der Waals surface area (Å²) < 4.78 is 1.05. The monoisotopic (exact) mass is 281 g/mol. The largest absolute Gasteiger partial charge is 0.325 e. The van der Waals surface area contributed by atoms with Crippen molar-refractivity contribution < 1.29 is 4.79 Å². The number of carbonyl (C=O) groups excluding carboxylic acids is 1. The molecule has 1 aromatic rings. The van der Waals surface area contributed by atoms with Gasteiger partial charge in [-0.3, -0.25) is 4.79 Å². The van der Waals surface area contributed by atoms with Crippen molar-refractivity contribution in [2.45, 2.75) is 33.6 Å². The van der Waals surface area contributed by atoms with E-state index in [0.29, 0.717) is 0 Å². The van der Waals surface area contributed by atoms with Crippen LogP contribution in [0.5, 0.6) is 0 Å².